The molecule has 4 rings (SSSR count). The van der Waals surface area contributed by atoms with Crippen LogP contribution in [0.4, 0.5) is 0 Å². The summed E-state index contributed by atoms with van der Waals surface area (Å²) in [4.78, 5) is 12.6. The molecule has 0 radical (unpaired) electrons. The van der Waals surface area contributed by atoms with Crippen molar-refractivity contribution in [2.45, 2.75) is 31.2 Å². The highest BCUT2D eigenvalue weighted by Gasteiger charge is 2.49. The van der Waals surface area contributed by atoms with Gasteiger partial charge in [0.15, 0.2) is 11.5 Å². The number of halogens is 1. The lowest BCUT2D eigenvalue weighted by Gasteiger charge is -2.25. The van der Waals surface area contributed by atoms with Crippen molar-refractivity contribution < 1.29 is 14.3 Å². The Morgan fingerprint density at radius 2 is 1.83 bits per heavy atom. The van der Waals surface area contributed by atoms with Crippen LogP contribution in [-0.4, -0.2) is 18.7 Å². The van der Waals surface area contributed by atoms with Gasteiger partial charge in [-0.25, -0.2) is 0 Å². The number of hydrogen-bond acceptors (Lipinski definition) is 3. The molecule has 2 aromatic carbocycles. The van der Waals surface area contributed by atoms with Crippen molar-refractivity contribution in [1.29, 1.82) is 0 Å². The zero-order valence-corrected chi connectivity index (χ0v) is 14.9. The first-order chi connectivity index (χ1) is 11.6. The van der Waals surface area contributed by atoms with Crippen molar-refractivity contribution in [2.24, 2.45) is 0 Å². The second-order valence-corrected chi connectivity index (χ2v) is 7.34. The quantitative estimate of drug-likeness (QED) is 0.861. The maximum atomic E-state index is 12.6. The number of carbonyl (C=O) groups is 1. The maximum Gasteiger partial charge on any atom is 0.251 e. The van der Waals surface area contributed by atoms with Gasteiger partial charge in [-0.05, 0) is 55.7 Å². The highest BCUT2D eigenvalue weighted by molar-refractivity contribution is 9.10. The van der Waals surface area contributed by atoms with Crippen LogP contribution in [0.15, 0.2) is 46.9 Å². The van der Waals surface area contributed by atoms with E-state index < -0.39 is 0 Å². The average molecular weight is 388 g/mol. The summed E-state index contributed by atoms with van der Waals surface area (Å²) in [5.74, 6) is 1.24. The lowest BCUT2D eigenvalue weighted by Crippen LogP contribution is -2.41. The highest BCUT2D eigenvalue weighted by atomic mass is 79.9. The molecular formula is C19H18BrNO3. The van der Waals surface area contributed by atoms with Crippen LogP contribution >= 0.6 is 15.9 Å². The number of nitrogens with one attached hydrogen (secondary N) is 1. The van der Waals surface area contributed by atoms with E-state index in [4.69, 9.17) is 9.47 Å². The molecular weight excluding hydrogens is 370 g/mol. The third-order valence-electron chi connectivity index (χ3n) is 5.02. The SMILES string of the molecule is CC(NC(=O)c1ccc2c(c1)OCO2)C1(c2ccc(Br)cc2)CC1. The van der Waals surface area contributed by atoms with Gasteiger partial charge in [-0.2, -0.15) is 0 Å². The number of ether oxygens (including phenoxy) is 2. The molecule has 0 bridgehead atoms. The second kappa shape index (κ2) is 5.81. The smallest absolute Gasteiger partial charge is 0.251 e. The van der Waals surface area contributed by atoms with Gasteiger partial charge in [0, 0.05) is 21.5 Å². The Morgan fingerprint density at radius 3 is 2.54 bits per heavy atom. The summed E-state index contributed by atoms with van der Waals surface area (Å²) in [7, 11) is 0. The van der Waals surface area contributed by atoms with Crippen LogP contribution in [0.25, 0.3) is 0 Å². The molecule has 0 saturated heterocycles. The molecule has 1 aliphatic heterocycles. The summed E-state index contributed by atoms with van der Waals surface area (Å²) in [6, 6.07) is 13.8. The number of fused-ring (bicyclic) bond motifs is 1. The zero-order valence-electron chi connectivity index (χ0n) is 13.3. The van der Waals surface area contributed by atoms with Gasteiger partial charge in [0.05, 0.1) is 0 Å². The molecule has 2 aromatic rings. The molecule has 5 heteroatoms. The first-order valence-electron chi connectivity index (χ1n) is 8.05. The number of amides is 1. The van der Waals surface area contributed by atoms with Crippen LogP contribution in [0.3, 0.4) is 0 Å². The number of rotatable bonds is 4. The summed E-state index contributed by atoms with van der Waals surface area (Å²) < 4.78 is 11.7. The van der Waals surface area contributed by atoms with Gasteiger partial charge < -0.3 is 14.8 Å². The van der Waals surface area contributed by atoms with E-state index in [0.29, 0.717) is 17.1 Å². The minimum Gasteiger partial charge on any atom is -0.454 e. The molecule has 4 nitrogen and oxygen atoms in total. The Labute approximate surface area is 149 Å². The molecule has 0 aromatic heterocycles. The second-order valence-electron chi connectivity index (χ2n) is 6.43. The summed E-state index contributed by atoms with van der Waals surface area (Å²) >= 11 is 3.47. The van der Waals surface area contributed by atoms with Crippen LogP contribution in [-0.2, 0) is 5.41 Å². The fourth-order valence-electron chi connectivity index (χ4n) is 3.34. The summed E-state index contributed by atoms with van der Waals surface area (Å²) in [6.07, 6.45) is 2.19. The molecule has 1 aliphatic carbocycles. The van der Waals surface area contributed by atoms with E-state index in [9.17, 15) is 4.79 Å². The average Bonchev–Trinajstić information content (AvgIpc) is 3.26. The Balaban J connectivity index is 1.50. The van der Waals surface area contributed by atoms with Crippen molar-refractivity contribution >= 4 is 21.8 Å². The first kappa shape index (κ1) is 15.5. The van der Waals surface area contributed by atoms with Crippen molar-refractivity contribution in [3.05, 3.63) is 58.1 Å². The molecule has 24 heavy (non-hydrogen) atoms. The Kier molecular flexibility index (Phi) is 3.76. The van der Waals surface area contributed by atoms with E-state index in [0.717, 1.165) is 17.3 Å². The number of benzene rings is 2. The minimum atomic E-state index is -0.0795. The largest absolute Gasteiger partial charge is 0.454 e. The van der Waals surface area contributed by atoms with Crippen molar-refractivity contribution in [3.8, 4) is 11.5 Å². The third-order valence-corrected chi connectivity index (χ3v) is 5.55. The van der Waals surface area contributed by atoms with Crippen LogP contribution in [0.5, 0.6) is 11.5 Å². The Bertz CT molecular complexity index is 784. The van der Waals surface area contributed by atoms with Gasteiger partial charge in [0.25, 0.3) is 5.91 Å². The van der Waals surface area contributed by atoms with E-state index in [1.165, 1.54) is 5.56 Å². The standard InChI is InChI=1S/C19H18BrNO3/c1-12(19(8-9-19)14-3-5-15(20)6-4-14)21-18(22)13-2-7-16-17(10-13)24-11-23-16/h2-7,10,12H,8-9,11H2,1H3,(H,21,22). The van der Waals surface area contributed by atoms with Gasteiger partial charge in [0.1, 0.15) is 0 Å². The topological polar surface area (TPSA) is 47.6 Å². The van der Waals surface area contributed by atoms with Gasteiger partial charge in [0.2, 0.25) is 6.79 Å². The lowest BCUT2D eigenvalue weighted by molar-refractivity contribution is 0.0931. The molecule has 1 atom stereocenters. The van der Waals surface area contributed by atoms with Crippen LogP contribution < -0.4 is 14.8 Å². The van der Waals surface area contributed by atoms with E-state index in [2.05, 4.69) is 52.4 Å². The van der Waals surface area contributed by atoms with Gasteiger partial charge in [-0.3, -0.25) is 4.79 Å². The van der Waals surface area contributed by atoms with Crippen LogP contribution in [0.1, 0.15) is 35.7 Å². The fourth-order valence-corrected chi connectivity index (χ4v) is 3.61. The minimum absolute atomic E-state index is 0.0483. The molecule has 1 fully saturated rings. The van der Waals surface area contributed by atoms with E-state index in [1.54, 1.807) is 18.2 Å². The molecule has 1 unspecified atom stereocenters. The van der Waals surface area contributed by atoms with Crippen LogP contribution in [0, 0.1) is 0 Å². The molecule has 1 heterocycles. The molecule has 0 spiro atoms. The Morgan fingerprint density at radius 1 is 1.12 bits per heavy atom. The predicted molar refractivity (Wildman–Crippen MR) is 94.5 cm³/mol. The molecule has 2 aliphatic rings. The lowest BCUT2D eigenvalue weighted by atomic mass is 9.89. The first-order valence-corrected chi connectivity index (χ1v) is 8.84. The van der Waals surface area contributed by atoms with Crippen molar-refractivity contribution in [2.75, 3.05) is 6.79 Å². The van der Waals surface area contributed by atoms with E-state index >= 15 is 0 Å². The Hall–Kier alpha value is -2.01. The maximum absolute atomic E-state index is 12.6. The summed E-state index contributed by atoms with van der Waals surface area (Å²) in [5.41, 5.74) is 1.93. The molecule has 1 saturated carbocycles. The third kappa shape index (κ3) is 2.67. The normalized spacial score (nSPS) is 18.1. The van der Waals surface area contributed by atoms with Crippen molar-refractivity contribution in [3.63, 3.8) is 0 Å². The van der Waals surface area contributed by atoms with Gasteiger partial charge in [-0.1, -0.05) is 28.1 Å². The van der Waals surface area contributed by atoms with Gasteiger partial charge in [-0.15, -0.1) is 0 Å². The number of carbonyl (C=O) groups excluding carboxylic acids is 1. The molecule has 1 N–H and O–H groups in total. The summed E-state index contributed by atoms with van der Waals surface area (Å²) in [5, 5.41) is 3.16. The summed E-state index contributed by atoms with van der Waals surface area (Å²) in [6.45, 7) is 2.30. The highest BCUT2D eigenvalue weighted by Crippen LogP contribution is 2.51. The predicted octanol–water partition coefficient (Wildman–Crippen LogP) is 4.03. The van der Waals surface area contributed by atoms with Crippen LogP contribution in [0.2, 0.25) is 0 Å². The van der Waals surface area contributed by atoms with Gasteiger partial charge >= 0.3 is 0 Å². The monoisotopic (exact) mass is 387 g/mol. The molecule has 124 valence electrons. The zero-order chi connectivity index (χ0) is 16.7. The van der Waals surface area contributed by atoms with E-state index in [-0.39, 0.29) is 24.2 Å². The number of hydrogen-bond donors (Lipinski definition) is 1. The fraction of sp³-hybridized carbons (Fsp3) is 0.316. The molecule has 1 amide bonds. The van der Waals surface area contributed by atoms with Crippen molar-refractivity contribution in [1.82, 2.24) is 5.32 Å². The van der Waals surface area contributed by atoms with E-state index in [1.807, 2.05) is 0 Å².